The van der Waals surface area contributed by atoms with Crippen LogP contribution in [0, 0.1) is 11.8 Å². The van der Waals surface area contributed by atoms with Crippen LogP contribution in [0.2, 0.25) is 0 Å². The summed E-state index contributed by atoms with van der Waals surface area (Å²) in [5, 5.41) is 4.38. The van der Waals surface area contributed by atoms with Crippen LogP contribution in [0.25, 0.3) is 0 Å². The SMILES string of the molecule is C=C(Cl)CN1CC(C(C)C)NCC1C(C)C. The second kappa shape index (κ2) is 6.04. The lowest BCUT2D eigenvalue weighted by atomic mass is 9.94. The first kappa shape index (κ1) is 14.0. The molecule has 0 saturated carbocycles. The molecular weight excluding hydrogens is 220 g/mol. The number of nitrogens with one attached hydrogen (secondary N) is 1. The minimum atomic E-state index is 0.575. The quantitative estimate of drug-likeness (QED) is 0.818. The summed E-state index contributed by atoms with van der Waals surface area (Å²) < 4.78 is 0. The van der Waals surface area contributed by atoms with Crippen LogP contribution in [0.4, 0.5) is 0 Å². The van der Waals surface area contributed by atoms with Gasteiger partial charge in [-0.1, -0.05) is 45.9 Å². The van der Waals surface area contributed by atoms with Crippen molar-refractivity contribution in [3.8, 4) is 0 Å². The van der Waals surface area contributed by atoms with E-state index in [1.165, 1.54) is 0 Å². The average molecular weight is 245 g/mol. The van der Waals surface area contributed by atoms with Crippen LogP contribution >= 0.6 is 11.6 Å². The first-order chi connectivity index (χ1) is 7.41. The molecule has 1 N–H and O–H groups in total. The van der Waals surface area contributed by atoms with E-state index in [9.17, 15) is 0 Å². The number of piperazine rings is 1. The Morgan fingerprint density at radius 3 is 2.44 bits per heavy atom. The van der Waals surface area contributed by atoms with Gasteiger partial charge >= 0.3 is 0 Å². The molecule has 1 heterocycles. The molecule has 1 rings (SSSR count). The first-order valence-electron chi connectivity index (χ1n) is 6.22. The highest BCUT2D eigenvalue weighted by molar-refractivity contribution is 6.29. The van der Waals surface area contributed by atoms with Crippen LogP contribution in [0.5, 0.6) is 0 Å². The van der Waals surface area contributed by atoms with Gasteiger partial charge < -0.3 is 5.32 Å². The molecule has 0 aromatic rings. The molecule has 0 bridgehead atoms. The van der Waals surface area contributed by atoms with E-state index in [0.29, 0.717) is 23.9 Å². The Labute approximate surface area is 105 Å². The van der Waals surface area contributed by atoms with Gasteiger partial charge in [-0.05, 0) is 11.8 Å². The highest BCUT2D eigenvalue weighted by Gasteiger charge is 2.30. The van der Waals surface area contributed by atoms with E-state index in [1.807, 2.05) is 0 Å². The smallest absolute Gasteiger partial charge is 0.0339 e. The van der Waals surface area contributed by atoms with E-state index in [-0.39, 0.29) is 0 Å². The fourth-order valence-electron chi connectivity index (χ4n) is 2.36. The lowest BCUT2D eigenvalue weighted by Crippen LogP contribution is -2.59. The van der Waals surface area contributed by atoms with Crippen LogP contribution < -0.4 is 5.32 Å². The number of hydrogen-bond donors (Lipinski definition) is 1. The zero-order valence-corrected chi connectivity index (χ0v) is 11.7. The van der Waals surface area contributed by atoms with Crippen molar-refractivity contribution in [2.24, 2.45) is 11.8 Å². The van der Waals surface area contributed by atoms with Crippen LogP contribution in [0.15, 0.2) is 11.6 Å². The fraction of sp³-hybridized carbons (Fsp3) is 0.846. The predicted molar refractivity (Wildman–Crippen MR) is 71.8 cm³/mol. The molecule has 0 aliphatic carbocycles. The van der Waals surface area contributed by atoms with Crippen molar-refractivity contribution in [1.29, 1.82) is 0 Å². The summed E-state index contributed by atoms with van der Waals surface area (Å²) in [6, 6.07) is 1.15. The molecule has 1 aliphatic heterocycles. The van der Waals surface area contributed by atoms with Gasteiger partial charge in [-0.2, -0.15) is 0 Å². The van der Waals surface area contributed by atoms with Crippen molar-refractivity contribution in [1.82, 2.24) is 10.2 Å². The van der Waals surface area contributed by atoms with Crippen LogP contribution in [0.3, 0.4) is 0 Å². The molecule has 1 fully saturated rings. The molecule has 0 spiro atoms. The maximum Gasteiger partial charge on any atom is 0.0339 e. The molecule has 3 heteroatoms. The van der Waals surface area contributed by atoms with E-state index < -0.39 is 0 Å². The molecule has 0 aromatic carbocycles. The lowest BCUT2D eigenvalue weighted by Gasteiger charge is -2.43. The molecule has 0 amide bonds. The van der Waals surface area contributed by atoms with Crippen molar-refractivity contribution >= 4 is 11.6 Å². The summed E-state index contributed by atoms with van der Waals surface area (Å²) in [7, 11) is 0. The van der Waals surface area contributed by atoms with Gasteiger partial charge in [0.15, 0.2) is 0 Å². The van der Waals surface area contributed by atoms with Crippen LogP contribution in [0.1, 0.15) is 27.7 Å². The van der Waals surface area contributed by atoms with Gasteiger partial charge in [-0.3, -0.25) is 4.90 Å². The largest absolute Gasteiger partial charge is 0.311 e. The summed E-state index contributed by atoms with van der Waals surface area (Å²) in [4.78, 5) is 2.47. The third-order valence-corrected chi connectivity index (χ3v) is 3.56. The Balaban J connectivity index is 2.65. The highest BCUT2D eigenvalue weighted by Crippen LogP contribution is 2.19. The molecular formula is C13H25ClN2. The third-order valence-electron chi connectivity index (χ3n) is 3.44. The van der Waals surface area contributed by atoms with E-state index in [2.05, 4.69) is 44.5 Å². The molecule has 2 nitrogen and oxygen atoms in total. The summed E-state index contributed by atoms with van der Waals surface area (Å²) >= 11 is 5.95. The molecule has 94 valence electrons. The second-order valence-corrected chi connectivity index (χ2v) is 6.05. The zero-order chi connectivity index (χ0) is 12.3. The second-order valence-electron chi connectivity index (χ2n) is 5.52. The molecule has 1 saturated heterocycles. The van der Waals surface area contributed by atoms with Crippen molar-refractivity contribution in [2.45, 2.75) is 39.8 Å². The topological polar surface area (TPSA) is 15.3 Å². The van der Waals surface area contributed by atoms with Gasteiger partial charge in [0, 0.05) is 36.8 Å². The Hall–Kier alpha value is -0.0500. The lowest BCUT2D eigenvalue weighted by molar-refractivity contribution is 0.0961. The van der Waals surface area contributed by atoms with Crippen molar-refractivity contribution in [2.75, 3.05) is 19.6 Å². The summed E-state index contributed by atoms with van der Waals surface area (Å²) in [5.41, 5.74) is 0. The van der Waals surface area contributed by atoms with Gasteiger partial charge in [0.2, 0.25) is 0 Å². The van der Waals surface area contributed by atoms with E-state index in [4.69, 9.17) is 11.6 Å². The predicted octanol–water partition coefficient (Wildman–Crippen LogP) is 2.69. The van der Waals surface area contributed by atoms with Gasteiger partial charge in [0.05, 0.1) is 0 Å². The maximum atomic E-state index is 5.95. The first-order valence-corrected chi connectivity index (χ1v) is 6.60. The summed E-state index contributed by atoms with van der Waals surface area (Å²) in [5.74, 6) is 1.32. The summed E-state index contributed by atoms with van der Waals surface area (Å²) in [6.45, 7) is 15.8. The van der Waals surface area contributed by atoms with Crippen molar-refractivity contribution in [3.05, 3.63) is 11.6 Å². The normalized spacial score (nSPS) is 27.7. The number of nitrogens with zero attached hydrogens (tertiary/aromatic N) is 1. The molecule has 0 aromatic heterocycles. The summed E-state index contributed by atoms with van der Waals surface area (Å²) in [6.07, 6.45) is 0. The van der Waals surface area contributed by atoms with Gasteiger partial charge in [-0.15, -0.1) is 0 Å². The number of rotatable bonds is 4. The van der Waals surface area contributed by atoms with E-state index >= 15 is 0 Å². The Morgan fingerprint density at radius 1 is 1.38 bits per heavy atom. The van der Waals surface area contributed by atoms with E-state index in [1.54, 1.807) is 0 Å². The molecule has 1 aliphatic rings. The molecule has 2 unspecified atom stereocenters. The highest BCUT2D eigenvalue weighted by atomic mass is 35.5. The molecule has 0 radical (unpaired) electrons. The van der Waals surface area contributed by atoms with Crippen LogP contribution in [-0.2, 0) is 0 Å². The van der Waals surface area contributed by atoms with Gasteiger partial charge in [0.1, 0.15) is 0 Å². The average Bonchev–Trinajstić information content (AvgIpc) is 2.15. The van der Waals surface area contributed by atoms with Gasteiger partial charge in [-0.25, -0.2) is 0 Å². The standard InChI is InChI=1S/C13H25ClN2/c1-9(2)12-8-16(7-11(5)14)13(6-15-12)10(3)4/h9-10,12-13,15H,5-8H2,1-4H3. The minimum absolute atomic E-state index is 0.575. The number of halogens is 1. The Kier molecular flexibility index (Phi) is 5.29. The Bertz CT molecular complexity index is 238. The molecule has 16 heavy (non-hydrogen) atoms. The third kappa shape index (κ3) is 3.76. The number of hydrogen-bond acceptors (Lipinski definition) is 2. The maximum absolute atomic E-state index is 5.95. The monoisotopic (exact) mass is 244 g/mol. The van der Waals surface area contributed by atoms with Crippen LogP contribution in [-0.4, -0.2) is 36.6 Å². The fourth-order valence-corrected chi connectivity index (χ4v) is 2.51. The van der Waals surface area contributed by atoms with Crippen molar-refractivity contribution in [3.63, 3.8) is 0 Å². The van der Waals surface area contributed by atoms with E-state index in [0.717, 1.165) is 24.7 Å². The van der Waals surface area contributed by atoms with Crippen molar-refractivity contribution < 1.29 is 0 Å². The van der Waals surface area contributed by atoms with Gasteiger partial charge in [0.25, 0.3) is 0 Å². The molecule has 2 atom stereocenters. The minimum Gasteiger partial charge on any atom is -0.311 e. The zero-order valence-electron chi connectivity index (χ0n) is 11.0. The Morgan fingerprint density at radius 2 is 2.00 bits per heavy atom.